The summed E-state index contributed by atoms with van der Waals surface area (Å²) in [5.41, 5.74) is -0.0884. The molecule has 2 rings (SSSR count). The number of carboxylic acids is 1. The number of carboxylic acid groups (broad SMARTS) is 1. The molecule has 8 nitrogen and oxygen atoms in total. The molecule has 8 heteroatoms. The third kappa shape index (κ3) is 3.45. The Bertz CT molecular complexity index is 611. The van der Waals surface area contributed by atoms with Gasteiger partial charge in [0.1, 0.15) is 6.07 Å². The fraction of sp³-hybridized carbons (Fsp3) is 0.462. The maximum atomic E-state index is 11.1. The monoisotopic (exact) mass is 290 g/mol. The molecule has 110 valence electrons. The molecule has 0 spiro atoms. The summed E-state index contributed by atoms with van der Waals surface area (Å²) < 4.78 is 0. The summed E-state index contributed by atoms with van der Waals surface area (Å²) >= 11 is 0. The Morgan fingerprint density at radius 1 is 1.67 bits per heavy atom. The zero-order valence-corrected chi connectivity index (χ0v) is 11.2. The first-order valence-electron chi connectivity index (χ1n) is 6.52. The molecule has 1 atom stereocenters. The maximum absolute atomic E-state index is 11.1. The van der Waals surface area contributed by atoms with Crippen LogP contribution in [0.15, 0.2) is 12.3 Å². The lowest BCUT2D eigenvalue weighted by Gasteiger charge is -2.32. The summed E-state index contributed by atoms with van der Waals surface area (Å²) in [5, 5.41) is 28.8. The third-order valence-corrected chi connectivity index (χ3v) is 3.45. The number of carbonyl (C=O) groups is 1. The van der Waals surface area contributed by atoms with E-state index in [1.807, 2.05) is 6.07 Å². The Morgan fingerprint density at radius 2 is 2.43 bits per heavy atom. The van der Waals surface area contributed by atoms with Gasteiger partial charge in [0.2, 0.25) is 5.82 Å². The number of hydrogen-bond donors (Lipinski definition) is 1. The van der Waals surface area contributed by atoms with Crippen molar-refractivity contribution in [3.05, 3.63) is 27.9 Å². The van der Waals surface area contributed by atoms with Crippen molar-refractivity contribution in [3.8, 4) is 6.07 Å². The van der Waals surface area contributed by atoms with Crippen LogP contribution in [0.5, 0.6) is 0 Å². The highest BCUT2D eigenvalue weighted by Gasteiger charge is 2.28. The molecule has 1 aromatic heterocycles. The number of rotatable bonds is 4. The molecule has 0 aromatic carbocycles. The zero-order valence-electron chi connectivity index (χ0n) is 11.2. The molecule has 2 heterocycles. The van der Waals surface area contributed by atoms with Crippen molar-refractivity contribution < 1.29 is 14.8 Å². The van der Waals surface area contributed by atoms with Gasteiger partial charge in [-0.15, -0.1) is 0 Å². The number of piperidine rings is 1. The van der Waals surface area contributed by atoms with Crippen LogP contribution in [-0.4, -0.2) is 34.1 Å². The van der Waals surface area contributed by atoms with E-state index in [-0.39, 0.29) is 29.4 Å². The standard InChI is InChI=1S/C13H14N4O4/c14-6-10-4-11(17(20)21)13(15-7-10)16-3-1-2-9(8-16)5-12(18)19/h4,7,9H,1-3,5,8H2,(H,18,19). The van der Waals surface area contributed by atoms with Gasteiger partial charge in [0.25, 0.3) is 0 Å². The molecule has 21 heavy (non-hydrogen) atoms. The summed E-state index contributed by atoms with van der Waals surface area (Å²) in [4.78, 5) is 27.1. The van der Waals surface area contributed by atoms with Gasteiger partial charge in [0, 0.05) is 31.8 Å². The highest BCUT2D eigenvalue weighted by atomic mass is 16.6. The molecule has 1 aliphatic heterocycles. The zero-order chi connectivity index (χ0) is 15.4. The van der Waals surface area contributed by atoms with Crippen LogP contribution in [0.2, 0.25) is 0 Å². The van der Waals surface area contributed by atoms with Crippen LogP contribution in [0.3, 0.4) is 0 Å². The summed E-state index contributed by atoms with van der Waals surface area (Å²) in [6.45, 7) is 1.02. The lowest BCUT2D eigenvalue weighted by molar-refractivity contribution is -0.384. The van der Waals surface area contributed by atoms with Crippen molar-refractivity contribution in [1.82, 2.24) is 4.98 Å². The van der Waals surface area contributed by atoms with Gasteiger partial charge in [-0.2, -0.15) is 5.26 Å². The van der Waals surface area contributed by atoms with Crippen molar-refractivity contribution in [2.75, 3.05) is 18.0 Å². The average Bonchev–Trinajstić information content (AvgIpc) is 2.46. The number of nitriles is 1. The van der Waals surface area contributed by atoms with Crippen molar-refractivity contribution in [1.29, 1.82) is 5.26 Å². The minimum Gasteiger partial charge on any atom is -0.481 e. The Hall–Kier alpha value is -2.69. The summed E-state index contributed by atoms with van der Waals surface area (Å²) in [6.07, 6.45) is 2.88. The molecular weight excluding hydrogens is 276 g/mol. The summed E-state index contributed by atoms with van der Waals surface area (Å²) in [5.74, 6) is -0.716. The van der Waals surface area contributed by atoms with Crippen LogP contribution in [0, 0.1) is 27.4 Å². The smallest absolute Gasteiger partial charge is 0.312 e. The molecule has 1 saturated heterocycles. The van der Waals surface area contributed by atoms with E-state index in [0.29, 0.717) is 13.1 Å². The molecule has 0 amide bonds. The van der Waals surface area contributed by atoms with E-state index in [1.165, 1.54) is 12.3 Å². The quantitative estimate of drug-likeness (QED) is 0.659. The van der Waals surface area contributed by atoms with Crippen LogP contribution in [0.4, 0.5) is 11.5 Å². The Morgan fingerprint density at radius 3 is 3.05 bits per heavy atom. The number of aliphatic carboxylic acids is 1. The summed E-state index contributed by atoms with van der Waals surface area (Å²) in [7, 11) is 0. The number of pyridine rings is 1. The van der Waals surface area contributed by atoms with Crippen LogP contribution >= 0.6 is 0 Å². The first kappa shape index (κ1) is 14.7. The van der Waals surface area contributed by atoms with Gasteiger partial charge in [-0.25, -0.2) is 4.98 Å². The van der Waals surface area contributed by atoms with Gasteiger partial charge in [0.05, 0.1) is 10.5 Å². The largest absolute Gasteiger partial charge is 0.481 e. The number of nitro groups is 1. The SMILES string of the molecule is N#Cc1cnc(N2CCCC(CC(=O)O)C2)c([N+](=O)[O-])c1. The van der Waals surface area contributed by atoms with E-state index in [4.69, 9.17) is 10.4 Å². The van der Waals surface area contributed by atoms with Crippen LogP contribution < -0.4 is 4.90 Å². The van der Waals surface area contributed by atoms with E-state index in [0.717, 1.165) is 12.8 Å². The molecule has 1 N–H and O–H groups in total. The number of aromatic nitrogens is 1. The van der Waals surface area contributed by atoms with E-state index < -0.39 is 10.9 Å². The molecule has 0 radical (unpaired) electrons. The van der Waals surface area contributed by atoms with Gasteiger partial charge in [0.15, 0.2) is 0 Å². The van der Waals surface area contributed by atoms with Crippen LogP contribution in [0.25, 0.3) is 0 Å². The minimum absolute atomic E-state index is 0.0422. The van der Waals surface area contributed by atoms with E-state index in [9.17, 15) is 14.9 Å². The molecule has 1 aliphatic rings. The van der Waals surface area contributed by atoms with Crippen LogP contribution in [0.1, 0.15) is 24.8 Å². The molecule has 1 fully saturated rings. The average molecular weight is 290 g/mol. The first-order valence-corrected chi connectivity index (χ1v) is 6.52. The Kier molecular flexibility index (Phi) is 4.33. The topological polar surface area (TPSA) is 120 Å². The van der Waals surface area contributed by atoms with Gasteiger partial charge in [-0.1, -0.05) is 0 Å². The fourth-order valence-electron chi connectivity index (χ4n) is 2.56. The lowest BCUT2D eigenvalue weighted by atomic mass is 9.95. The van der Waals surface area contributed by atoms with Crippen molar-refractivity contribution >= 4 is 17.5 Å². The minimum atomic E-state index is -0.871. The molecule has 0 saturated carbocycles. The van der Waals surface area contributed by atoms with Crippen LogP contribution in [-0.2, 0) is 4.79 Å². The predicted molar refractivity (Wildman–Crippen MR) is 72.8 cm³/mol. The maximum Gasteiger partial charge on any atom is 0.312 e. The highest BCUT2D eigenvalue weighted by molar-refractivity contribution is 5.67. The Balaban J connectivity index is 2.26. The molecule has 1 aromatic rings. The second kappa shape index (κ2) is 6.17. The van der Waals surface area contributed by atoms with E-state index in [2.05, 4.69) is 4.98 Å². The molecule has 0 bridgehead atoms. The second-order valence-corrected chi connectivity index (χ2v) is 4.99. The van der Waals surface area contributed by atoms with Gasteiger partial charge < -0.3 is 10.0 Å². The number of nitrogens with zero attached hydrogens (tertiary/aromatic N) is 4. The lowest BCUT2D eigenvalue weighted by Crippen LogP contribution is -2.37. The molecular formula is C13H14N4O4. The van der Waals surface area contributed by atoms with Gasteiger partial charge >= 0.3 is 11.7 Å². The number of anilines is 1. The van der Waals surface area contributed by atoms with Gasteiger partial charge in [-0.3, -0.25) is 14.9 Å². The Labute approximate surface area is 120 Å². The highest BCUT2D eigenvalue weighted by Crippen LogP contribution is 2.30. The van der Waals surface area contributed by atoms with Crippen molar-refractivity contribution in [2.45, 2.75) is 19.3 Å². The van der Waals surface area contributed by atoms with E-state index in [1.54, 1.807) is 4.90 Å². The van der Waals surface area contributed by atoms with E-state index >= 15 is 0 Å². The normalized spacial score (nSPS) is 18.0. The van der Waals surface area contributed by atoms with Crippen molar-refractivity contribution in [2.24, 2.45) is 5.92 Å². The second-order valence-electron chi connectivity index (χ2n) is 4.99. The van der Waals surface area contributed by atoms with Crippen molar-refractivity contribution in [3.63, 3.8) is 0 Å². The number of hydrogen-bond acceptors (Lipinski definition) is 6. The summed E-state index contributed by atoms with van der Waals surface area (Å²) in [6, 6.07) is 3.02. The van der Waals surface area contributed by atoms with Gasteiger partial charge in [-0.05, 0) is 18.8 Å². The molecule has 1 unspecified atom stereocenters. The molecule has 0 aliphatic carbocycles. The predicted octanol–water partition coefficient (Wildman–Crippen LogP) is 1.55. The fourth-order valence-corrected chi connectivity index (χ4v) is 2.56. The first-order chi connectivity index (χ1) is 10.0. The third-order valence-electron chi connectivity index (χ3n) is 3.45.